The predicted octanol–water partition coefficient (Wildman–Crippen LogP) is 4.06. The molecule has 2 N–H and O–H groups in total. The number of benzene rings is 1. The first-order chi connectivity index (χ1) is 9.97. The lowest BCUT2D eigenvalue weighted by molar-refractivity contribution is 0.0943. The Morgan fingerprint density at radius 3 is 2.71 bits per heavy atom. The molecule has 3 heteroatoms. The SMILES string of the molecule is CC(C)NC(=O)c1cccc(NC2CCCC(C)C2C)c1. The molecule has 1 aliphatic carbocycles. The van der Waals surface area contributed by atoms with Gasteiger partial charge in [-0.2, -0.15) is 0 Å². The second-order valence-corrected chi connectivity index (χ2v) is 6.73. The number of hydrogen-bond acceptors (Lipinski definition) is 2. The summed E-state index contributed by atoms with van der Waals surface area (Å²) in [7, 11) is 0. The molecular weight excluding hydrogens is 260 g/mol. The van der Waals surface area contributed by atoms with Crippen molar-refractivity contribution in [1.82, 2.24) is 5.32 Å². The monoisotopic (exact) mass is 288 g/mol. The van der Waals surface area contributed by atoms with Gasteiger partial charge in [-0.15, -0.1) is 0 Å². The third kappa shape index (κ3) is 4.23. The number of carbonyl (C=O) groups excluding carboxylic acids is 1. The Morgan fingerprint density at radius 2 is 2.00 bits per heavy atom. The summed E-state index contributed by atoms with van der Waals surface area (Å²) in [5.41, 5.74) is 1.78. The van der Waals surface area contributed by atoms with Gasteiger partial charge in [-0.25, -0.2) is 0 Å². The maximum Gasteiger partial charge on any atom is 0.251 e. The molecule has 3 nitrogen and oxygen atoms in total. The Labute approximate surface area is 128 Å². The molecule has 1 fully saturated rings. The zero-order chi connectivity index (χ0) is 15.4. The van der Waals surface area contributed by atoms with E-state index in [1.807, 2.05) is 32.0 Å². The van der Waals surface area contributed by atoms with Gasteiger partial charge < -0.3 is 10.6 Å². The van der Waals surface area contributed by atoms with Gasteiger partial charge in [0.2, 0.25) is 0 Å². The lowest BCUT2D eigenvalue weighted by Crippen LogP contribution is -2.35. The van der Waals surface area contributed by atoms with Crippen LogP contribution in [0.25, 0.3) is 0 Å². The summed E-state index contributed by atoms with van der Waals surface area (Å²) in [5.74, 6) is 1.44. The van der Waals surface area contributed by atoms with Crippen LogP contribution in [0, 0.1) is 11.8 Å². The molecule has 1 amide bonds. The smallest absolute Gasteiger partial charge is 0.251 e. The van der Waals surface area contributed by atoms with Gasteiger partial charge >= 0.3 is 0 Å². The zero-order valence-electron chi connectivity index (χ0n) is 13.6. The summed E-state index contributed by atoms with van der Waals surface area (Å²) in [5, 5.41) is 6.57. The number of carbonyl (C=O) groups is 1. The Morgan fingerprint density at radius 1 is 1.24 bits per heavy atom. The minimum atomic E-state index is -0.00119. The van der Waals surface area contributed by atoms with Crippen LogP contribution in [-0.2, 0) is 0 Å². The molecule has 3 atom stereocenters. The van der Waals surface area contributed by atoms with Crippen molar-refractivity contribution in [3.63, 3.8) is 0 Å². The van der Waals surface area contributed by atoms with E-state index < -0.39 is 0 Å². The summed E-state index contributed by atoms with van der Waals surface area (Å²) < 4.78 is 0. The second kappa shape index (κ2) is 6.97. The van der Waals surface area contributed by atoms with Gasteiger partial charge in [0, 0.05) is 23.3 Å². The number of amides is 1. The topological polar surface area (TPSA) is 41.1 Å². The Balaban J connectivity index is 2.05. The molecule has 3 unspecified atom stereocenters. The third-order valence-electron chi connectivity index (χ3n) is 4.60. The lowest BCUT2D eigenvalue weighted by atomic mass is 9.78. The molecule has 0 spiro atoms. The van der Waals surface area contributed by atoms with E-state index in [9.17, 15) is 4.79 Å². The van der Waals surface area contributed by atoms with E-state index in [0.717, 1.165) is 17.2 Å². The average Bonchev–Trinajstić information content (AvgIpc) is 2.43. The van der Waals surface area contributed by atoms with E-state index >= 15 is 0 Å². The van der Waals surface area contributed by atoms with Crippen LogP contribution in [0.2, 0.25) is 0 Å². The Hall–Kier alpha value is -1.51. The summed E-state index contributed by atoms with van der Waals surface area (Å²) in [6, 6.07) is 8.51. The minimum absolute atomic E-state index is 0.00119. The minimum Gasteiger partial charge on any atom is -0.382 e. The van der Waals surface area contributed by atoms with Crippen molar-refractivity contribution in [1.29, 1.82) is 0 Å². The van der Waals surface area contributed by atoms with E-state index in [-0.39, 0.29) is 11.9 Å². The largest absolute Gasteiger partial charge is 0.382 e. The zero-order valence-corrected chi connectivity index (χ0v) is 13.6. The molecule has 21 heavy (non-hydrogen) atoms. The molecule has 0 saturated heterocycles. The molecule has 2 rings (SSSR count). The van der Waals surface area contributed by atoms with Crippen molar-refractivity contribution >= 4 is 11.6 Å². The van der Waals surface area contributed by atoms with E-state index in [1.54, 1.807) is 0 Å². The highest BCUT2D eigenvalue weighted by Crippen LogP contribution is 2.31. The number of nitrogens with one attached hydrogen (secondary N) is 2. The summed E-state index contributed by atoms with van der Waals surface area (Å²) in [6.07, 6.45) is 3.83. The first-order valence-corrected chi connectivity index (χ1v) is 8.15. The molecular formula is C18H28N2O. The molecule has 1 saturated carbocycles. The van der Waals surface area contributed by atoms with Crippen LogP contribution in [0.5, 0.6) is 0 Å². The highest BCUT2D eigenvalue weighted by Gasteiger charge is 2.26. The maximum atomic E-state index is 12.1. The third-order valence-corrected chi connectivity index (χ3v) is 4.60. The molecule has 0 heterocycles. The highest BCUT2D eigenvalue weighted by molar-refractivity contribution is 5.95. The lowest BCUT2D eigenvalue weighted by Gasteiger charge is -2.35. The molecule has 0 radical (unpaired) electrons. The fourth-order valence-electron chi connectivity index (χ4n) is 3.10. The van der Waals surface area contributed by atoms with E-state index in [4.69, 9.17) is 0 Å². The fourth-order valence-corrected chi connectivity index (χ4v) is 3.10. The highest BCUT2D eigenvalue weighted by atomic mass is 16.1. The van der Waals surface area contributed by atoms with Crippen LogP contribution in [-0.4, -0.2) is 18.0 Å². The van der Waals surface area contributed by atoms with Crippen molar-refractivity contribution in [3.8, 4) is 0 Å². The van der Waals surface area contributed by atoms with Gasteiger partial charge in [0.1, 0.15) is 0 Å². The Kier molecular flexibility index (Phi) is 5.27. The van der Waals surface area contributed by atoms with Crippen molar-refractivity contribution in [2.45, 2.75) is 59.0 Å². The fraction of sp³-hybridized carbons (Fsp3) is 0.611. The van der Waals surface area contributed by atoms with Crippen molar-refractivity contribution in [2.75, 3.05) is 5.32 Å². The van der Waals surface area contributed by atoms with Crippen molar-refractivity contribution in [3.05, 3.63) is 29.8 Å². The predicted molar refractivity (Wildman–Crippen MR) is 88.6 cm³/mol. The number of hydrogen-bond donors (Lipinski definition) is 2. The van der Waals surface area contributed by atoms with Crippen LogP contribution < -0.4 is 10.6 Å². The first kappa shape index (κ1) is 15.9. The molecule has 0 aliphatic heterocycles. The molecule has 0 bridgehead atoms. The van der Waals surface area contributed by atoms with Crippen LogP contribution in [0.4, 0.5) is 5.69 Å². The Bertz CT molecular complexity index is 484. The van der Waals surface area contributed by atoms with Crippen molar-refractivity contribution in [2.24, 2.45) is 11.8 Å². The quantitative estimate of drug-likeness (QED) is 0.877. The number of rotatable bonds is 4. The summed E-state index contributed by atoms with van der Waals surface area (Å²) in [6.45, 7) is 8.62. The van der Waals surface area contributed by atoms with E-state index in [1.165, 1.54) is 19.3 Å². The van der Waals surface area contributed by atoms with Crippen molar-refractivity contribution < 1.29 is 4.79 Å². The van der Waals surface area contributed by atoms with Gasteiger partial charge in [-0.05, 0) is 50.3 Å². The van der Waals surface area contributed by atoms with Crippen LogP contribution in [0.3, 0.4) is 0 Å². The maximum absolute atomic E-state index is 12.1. The second-order valence-electron chi connectivity index (χ2n) is 6.73. The summed E-state index contributed by atoms with van der Waals surface area (Å²) in [4.78, 5) is 12.1. The van der Waals surface area contributed by atoms with E-state index in [2.05, 4.69) is 30.5 Å². The van der Waals surface area contributed by atoms with Crippen LogP contribution >= 0.6 is 0 Å². The standard InChI is InChI=1S/C18H28N2O/c1-12(2)19-18(21)15-8-6-9-16(11-15)20-17-10-5-7-13(3)14(17)4/h6,8-9,11-14,17,20H,5,7,10H2,1-4H3,(H,19,21). The molecule has 1 aliphatic rings. The van der Waals surface area contributed by atoms with Gasteiger partial charge in [-0.3, -0.25) is 4.79 Å². The molecule has 0 aromatic heterocycles. The van der Waals surface area contributed by atoms with Gasteiger partial charge in [-0.1, -0.05) is 32.8 Å². The molecule has 1 aromatic rings. The summed E-state index contributed by atoms with van der Waals surface area (Å²) >= 11 is 0. The van der Waals surface area contributed by atoms with Crippen LogP contribution in [0.15, 0.2) is 24.3 Å². The first-order valence-electron chi connectivity index (χ1n) is 8.15. The van der Waals surface area contributed by atoms with E-state index in [0.29, 0.717) is 12.0 Å². The molecule has 1 aromatic carbocycles. The molecule has 116 valence electrons. The number of anilines is 1. The van der Waals surface area contributed by atoms with Gasteiger partial charge in [0.25, 0.3) is 5.91 Å². The van der Waals surface area contributed by atoms with Gasteiger partial charge in [0.05, 0.1) is 0 Å². The normalized spacial score (nSPS) is 25.7. The van der Waals surface area contributed by atoms with Crippen LogP contribution in [0.1, 0.15) is 57.3 Å². The van der Waals surface area contributed by atoms with Gasteiger partial charge in [0.15, 0.2) is 0 Å². The average molecular weight is 288 g/mol.